The van der Waals surface area contributed by atoms with Gasteiger partial charge in [-0.05, 0) is 11.8 Å². The van der Waals surface area contributed by atoms with Gasteiger partial charge < -0.3 is 0 Å². The van der Waals surface area contributed by atoms with Crippen LogP contribution in [-0.4, -0.2) is 34.9 Å². The van der Waals surface area contributed by atoms with Crippen LogP contribution >= 0.6 is 23.5 Å². The third-order valence-corrected chi connectivity index (χ3v) is 5.01. The van der Waals surface area contributed by atoms with Gasteiger partial charge in [-0.1, -0.05) is 42.1 Å². The van der Waals surface area contributed by atoms with Crippen LogP contribution in [0, 0.1) is 0 Å². The number of aliphatic imine (C=N–C) groups is 1. The lowest BCUT2D eigenvalue weighted by Gasteiger charge is -2.04. The molecule has 0 bridgehead atoms. The van der Waals surface area contributed by atoms with Gasteiger partial charge in [-0.15, -0.1) is 11.8 Å². The van der Waals surface area contributed by atoms with Gasteiger partial charge in [0.2, 0.25) is 0 Å². The molecule has 1 aromatic rings. The monoisotopic (exact) mass is 359 g/mol. The second kappa shape index (κ2) is 7.52. The van der Waals surface area contributed by atoms with Crippen molar-refractivity contribution in [2.45, 2.75) is 11.6 Å². The molecule has 118 valence electrons. The Hall–Kier alpha value is -0.710. The number of hydrogen-bond acceptors (Lipinski definition) is 5. The molecule has 1 N–H and O–H groups in total. The van der Waals surface area contributed by atoms with Crippen LogP contribution in [0.4, 0.5) is 13.2 Å². The van der Waals surface area contributed by atoms with Crippen molar-refractivity contribution in [2.75, 3.05) is 12.0 Å². The molecular formula is C11H12F3NO3S3. The van der Waals surface area contributed by atoms with E-state index in [-0.39, 0.29) is 0 Å². The van der Waals surface area contributed by atoms with Crippen molar-refractivity contribution in [1.82, 2.24) is 0 Å². The zero-order valence-electron chi connectivity index (χ0n) is 10.7. The van der Waals surface area contributed by atoms with E-state index in [0.29, 0.717) is 6.04 Å². The summed E-state index contributed by atoms with van der Waals surface area (Å²) in [5, 5.41) is 0. The van der Waals surface area contributed by atoms with Crippen molar-refractivity contribution in [3.05, 3.63) is 35.9 Å². The highest BCUT2D eigenvalue weighted by Crippen LogP contribution is 2.33. The van der Waals surface area contributed by atoms with Crippen LogP contribution in [0.3, 0.4) is 0 Å². The van der Waals surface area contributed by atoms with Crippen molar-refractivity contribution < 1.29 is 26.1 Å². The van der Waals surface area contributed by atoms with Crippen LogP contribution in [0.15, 0.2) is 35.3 Å². The van der Waals surface area contributed by atoms with Gasteiger partial charge in [0.25, 0.3) is 0 Å². The molecule has 10 heteroatoms. The summed E-state index contributed by atoms with van der Waals surface area (Å²) >= 11 is 3.60. The Morgan fingerprint density at radius 2 is 1.86 bits per heavy atom. The molecule has 0 saturated carbocycles. The lowest BCUT2D eigenvalue weighted by molar-refractivity contribution is -0.0510. The zero-order valence-corrected chi connectivity index (χ0v) is 13.2. The molecule has 4 nitrogen and oxygen atoms in total. The largest absolute Gasteiger partial charge is 0.522 e. The number of alkyl halides is 3. The highest BCUT2D eigenvalue weighted by Gasteiger charge is 2.44. The number of nitrogens with zero attached hydrogens (tertiary/aromatic N) is 1. The molecule has 21 heavy (non-hydrogen) atoms. The molecule has 0 aliphatic carbocycles. The summed E-state index contributed by atoms with van der Waals surface area (Å²) in [4.78, 5) is 4.62. The number of hydrogen-bond donors (Lipinski definition) is 1. The van der Waals surface area contributed by atoms with Gasteiger partial charge in [0, 0.05) is 5.75 Å². The first-order valence-electron chi connectivity index (χ1n) is 5.48. The van der Waals surface area contributed by atoms with Crippen molar-refractivity contribution in [3.8, 4) is 0 Å². The van der Waals surface area contributed by atoms with Crippen LogP contribution in [0.1, 0.15) is 11.6 Å². The smallest absolute Gasteiger partial charge is 0.279 e. The van der Waals surface area contributed by atoms with Gasteiger partial charge in [0.05, 0.1) is 6.04 Å². The van der Waals surface area contributed by atoms with E-state index in [9.17, 15) is 13.2 Å². The number of halogens is 3. The molecule has 0 amide bonds. The lowest BCUT2D eigenvalue weighted by Crippen LogP contribution is -2.21. The average molecular weight is 359 g/mol. The summed E-state index contributed by atoms with van der Waals surface area (Å²) in [6.07, 6.45) is 2.08. The third kappa shape index (κ3) is 5.89. The predicted octanol–water partition coefficient (Wildman–Crippen LogP) is 3.59. The summed E-state index contributed by atoms with van der Waals surface area (Å²) < 4.78 is 58.8. The zero-order chi connectivity index (χ0) is 16.1. The van der Waals surface area contributed by atoms with Crippen molar-refractivity contribution in [2.24, 2.45) is 4.99 Å². The molecule has 0 radical (unpaired) electrons. The highest BCUT2D eigenvalue weighted by atomic mass is 32.2. The van der Waals surface area contributed by atoms with E-state index in [1.807, 2.05) is 17.8 Å². The maximum atomic E-state index is 10.7. The van der Waals surface area contributed by atoms with E-state index in [4.69, 9.17) is 13.0 Å². The first-order chi connectivity index (χ1) is 9.65. The van der Waals surface area contributed by atoms with Gasteiger partial charge in [0.1, 0.15) is 4.38 Å². The summed E-state index contributed by atoms with van der Waals surface area (Å²) in [5.74, 6) is 1.10. The molecule has 2 rings (SSSR count). The second-order valence-electron chi connectivity index (χ2n) is 3.76. The second-order valence-corrected chi connectivity index (χ2v) is 7.23. The van der Waals surface area contributed by atoms with Crippen LogP contribution in [0.25, 0.3) is 0 Å². The van der Waals surface area contributed by atoms with E-state index in [0.717, 1.165) is 5.75 Å². The topological polar surface area (TPSA) is 66.7 Å². The van der Waals surface area contributed by atoms with E-state index >= 15 is 0 Å². The first-order valence-corrected chi connectivity index (χ1v) is 9.13. The summed E-state index contributed by atoms with van der Waals surface area (Å²) in [6, 6.07) is 10.9. The van der Waals surface area contributed by atoms with Gasteiger partial charge in [-0.25, -0.2) is 0 Å². The van der Waals surface area contributed by atoms with Gasteiger partial charge in [0.15, 0.2) is 0 Å². The van der Waals surface area contributed by atoms with Crippen LogP contribution in [0.2, 0.25) is 0 Å². The minimum atomic E-state index is -5.84. The quantitative estimate of drug-likeness (QED) is 0.613. The Labute approximate surface area is 129 Å². The molecule has 1 heterocycles. The Morgan fingerprint density at radius 1 is 1.33 bits per heavy atom. The molecule has 0 aromatic heterocycles. The maximum absolute atomic E-state index is 10.7. The fourth-order valence-corrected chi connectivity index (χ4v) is 2.99. The Morgan fingerprint density at radius 3 is 2.24 bits per heavy atom. The molecule has 1 aliphatic rings. The molecule has 0 fully saturated rings. The predicted molar refractivity (Wildman–Crippen MR) is 80.2 cm³/mol. The average Bonchev–Trinajstić information content (AvgIpc) is 2.87. The fourth-order valence-electron chi connectivity index (χ4n) is 1.31. The summed E-state index contributed by atoms with van der Waals surface area (Å²) in [5.41, 5.74) is -4.20. The number of benzene rings is 1. The first kappa shape index (κ1) is 18.3. The molecule has 0 spiro atoms. The van der Waals surface area contributed by atoms with E-state index < -0.39 is 15.6 Å². The van der Waals surface area contributed by atoms with Gasteiger partial charge in [-0.2, -0.15) is 21.6 Å². The third-order valence-electron chi connectivity index (χ3n) is 2.28. The molecular weight excluding hydrogens is 347 g/mol. The van der Waals surface area contributed by atoms with Crippen LogP contribution in [0.5, 0.6) is 0 Å². The minimum absolute atomic E-state index is 0.383. The Balaban J connectivity index is 0.000000240. The van der Waals surface area contributed by atoms with Gasteiger partial charge >= 0.3 is 15.6 Å². The van der Waals surface area contributed by atoms with E-state index in [2.05, 4.69) is 35.5 Å². The minimum Gasteiger partial charge on any atom is -0.279 e. The van der Waals surface area contributed by atoms with Crippen LogP contribution < -0.4 is 0 Å². The fraction of sp³-hybridized carbons (Fsp3) is 0.364. The number of thioether (sulfide) groups is 2. The molecule has 1 aliphatic heterocycles. The molecule has 0 unspecified atom stereocenters. The number of rotatable bonds is 1. The van der Waals surface area contributed by atoms with Crippen molar-refractivity contribution in [1.29, 1.82) is 0 Å². The van der Waals surface area contributed by atoms with Crippen molar-refractivity contribution in [3.63, 3.8) is 0 Å². The lowest BCUT2D eigenvalue weighted by atomic mass is 10.1. The summed E-state index contributed by atoms with van der Waals surface area (Å²) in [7, 11) is -5.84. The summed E-state index contributed by atoms with van der Waals surface area (Å²) in [6.45, 7) is 0. The molecule has 1 atom stereocenters. The van der Waals surface area contributed by atoms with E-state index in [1.54, 1.807) is 11.8 Å². The van der Waals surface area contributed by atoms with Crippen LogP contribution in [-0.2, 0) is 10.1 Å². The highest BCUT2D eigenvalue weighted by molar-refractivity contribution is 8.38. The maximum Gasteiger partial charge on any atom is 0.522 e. The SMILES string of the molecule is CSC1=N[C@@H](c2ccccc2)CS1.O=S(=O)(O)C(F)(F)F. The Bertz CT molecular complexity index is 588. The van der Waals surface area contributed by atoms with Gasteiger partial charge in [-0.3, -0.25) is 9.55 Å². The van der Waals surface area contributed by atoms with E-state index in [1.165, 1.54) is 9.94 Å². The van der Waals surface area contributed by atoms with Crippen molar-refractivity contribution >= 4 is 38.0 Å². The standard InChI is InChI=1S/C10H11NS2.CHF3O3S/c1-12-10-11-9(7-13-10)8-5-3-2-4-6-8;2-1(3,4)8(5,6)7/h2-6,9H,7H2,1H3;(H,5,6,7)/t9-;/m1./s1. The normalized spacial score (nSPS) is 18.7. The molecule has 0 saturated heterocycles. The molecule has 1 aromatic carbocycles. The Kier molecular flexibility index (Phi) is 6.57.